The highest BCUT2D eigenvalue weighted by Crippen LogP contribution is 2.41. The van der Waals surface area contributed by atoms with E-state index in [9.17, 15) is 5.11 Å². The molecule has 33 heavy (non-hydrogen) atoms. The molecule has 0 amide bonds. The van der Waals surface area contributed by atoms with Gasteiger partial charge in [0.05, 0.1) is 17.3 Å². The van der Waals surface area contributed by atoms with Crippen LogP contribution in [0.25, 0.3) is 21.9 Å². The van der Waals surface area contributed by atoms with Crippen LogP contribution in [-0.4, -0.2) is 16.3 Å². The summed E-state index contributed by atoms with van der Waals surface area (Å²) in [4.78, 5) is 0. The average Bonchev–Trinajstić information content (AvgIpc) is 3.17. The molecule has 1 saturated carbocycles. The van der Waals surface area contributed by atoms with Gasteiger partial charge >= 0.3 is 0 Å². The molecule has 0 aromatic heterocycles. The van der Waals surface area contributed by atoms with E-state index in [1.54, 1.807) is 0 Å². The second-order valence-electron chi connectivity index (χ2n) is 10.8. The fourth-order valence-electron chi connectivity index (χ4n) is 5.46. The summed E-state index contributed by atoms with van der Waals surface area (Å²) < 4.78 is 6.44. The van der Waals surface area contributed by atoms with Gasteiger partial charge in [-0.15, -0.1) is 0 Å². The third-order valence-electron chi connectivity index (χ3n) is 6.94. The van der Waals surface area contributed by atoms with Crippen LogP contribution in [0.15, 0.2) is 48.5 Å². The molecule has 1 fully saturated rings. The van der Waals surface area contributed by atoms with Crippen LogP contribution in [0.3, 0.4) is 0 Å². The number of ether oxygens (including phenoxy) is 1. The van der Waals surface area contributed by atoms with Gasteiger partial charge in [-0.3, -0.25) is 0 Å². The normalized spacial score (nSPS) is 16.9. The zero-order valence-electron chi connectivity index (χ0n) is 20.7. The summed E-state index contributed by atoms with van der Waals surface area (Å²) in [6.45, 7) is 10.6. The molecule has 0 saturated heterocycles. The Morgan fingerprint density at radius 2 is 1.70 bits per heavy atom. The molecule has 0 radical (unpaired) electrons. The maximum atomic E-state index is 10.9. The largest absolute Gasteiger partial charge is 0.390 e. The molecule has 1 atom stereocenters. The zero-order valence-corrected chi connectivity index (χ0v) is 21.4. The summed E-state index contributed by atoms with van der Waals surface area (Å²) in [6, 6.07) is 17.2. The van der Waals surface area contributed by atoms with E-state index in [0.717, 1.165) is 49.1 Å². The fraction of sp³-hybridized carbons (Fsp3) is 0.467. The molecule has 0 bridgehead atoms. The Morgan fingerprint density at radius 3 is 2.33 bits per heavy atom. The molecule has 0 aliphatic heterocycles. The van der Waals surface area contributed by atoms with E-state index in [1.807, 2.05) is 12.1 Å². The quantitative estimate of drug-likeness (QED) is 0.395. The van der Waals surface area contributed by atoms with Crippen molar-refractivity contribution < 1.29 is 9.84 Å². The van der Waals surface area contributed by atoms with Crippen LogP contribution in [0, 0.1) is 6.92 Å². The number of hydrogen-bond donors (Lipinski definition) is 1. The van der Waals surface area contributed by atoms with Gasteiger partial charge in [-0.25, -0.2) is 0 Å². The summed E-state index contributed by atoms with van der Waals surface area (Å²) in [5, 5.41) is 14.1. The van der Waals surface area contributed by atoms with Gasteiger partial charge in [0.25, 0.3) is 0 Å². The van der Waals surface area contributed by atoms with Gasteiger partial charge in [0.15, 0.2) is 0 Å². The van der Waals surface area contributed by atoms with Crippen LogP contribution in [0.5, 0.6) is 0 Å². The van der Waals surface area contributed by atoms with E-state index in [1.165, 1.54) is 33.0 Å². The van der Waals surface area contributed by atoms with Gasteiger partial charge in [-0.05, 0) is 111 Å². The van der Waals surface area contributed by atoms with Gasteiger partial charge < -0.3 is 9.84 Å². The smallest absolute Gasteiger partial charge is 0.0812 e. The van der Waals surface area contributed by atoms with E-state index in [4.69, 9.17) is 16.3 Å². The van der Waals surface area contributed by atoms with Crippen molar-refractivity contribution in [3.8, 4) is 11.1 Å². The number of aryl methyl sites for hydroxylation is 2. The molecule has 2 nitrogen and oxygen atoms in total. The Bertz CT molecular complexity index is 1120. The highest BCUT2D eigenvalue weighted by Gasteiger charge is 2.30. The lowest BCUT2D eigenvalue weighted by molar-refractivity contribution is -0.0529. The molecule has 1 N–H and O–H groups in total. The molecule has 3 heteroatoms. The summed E-state index contributed by atoms with van der Waals surface area (Å²) in [6.07, 6.45) is 5.82. The summed E-state index contributed by atoms with van der Waals surface area (Å²) in [5.74, 6) is 0. The van der Waals surface area contributed by atoms with E-state index >= 15 is 0 Å². The Labute approximate surface area is 203 Å². The number of aliphatic hydroxyl groups is 1. The van der Waals surface area contributed by atoms with Gasteiger partial charge in [-0.1, -0.05) is 60.8 Å². The Morgan fingerprint density at radius 1 is 1.03 bits per heavy atom. The lowest BCUT2D eigenvalue weighted by atomic mass is 9.86. The number of hydrogen-bond acceptors (Lipinski definition) is 2. The highest BCUT2D eigenvalue weighted by atomic mass is 35.5. The Kier molecular flexibility index (Phi) is 6.92. The van der Waals surface area contributed by atoms with Crippen molar-refractivity contribution in [1.82, 2.24) is 0 Å². The molecule has 3 aromatic rings. The standard InChI is InChI=1S/C30H37ClO2/c1-20-18-24-9-8-22(14-17-30(32)15-6-7-16-30)19-26(24)28(23-10-12-25(31)13-11-23)27(20)21(2)33-29(3,4)5/h8-13,18-19,21,32H,6-7,14-17H2,1-5H3. The second-order valence-corrected chi connectivity index (χ2v) is 11.3. The average molecular weight is 465 g/mol. The van der Waals surface area contributed by atoms with Crippen molar-refractivity contribution >= 4 is 22.4 Å². The van der Waals surface area contributed by atoms with Gasteiger partial charge in [0.2, 0.25) is 0 Å². The third kappa shape index (κ3) is 5.62. The predicted octanol–water partition coefficient (Wildman–Crippen LogP) is 8.58. The molecule has 4 rings (SSSR count). The maximum Gasteiger partial charge on any atom is 0.0812 e. The summed E-state index contributed by atoms with van der Waals surface area (Å²) >= 11 is 6.23. The SMILES string of the molecule is Cc1cc2ccc(CCC3(O)CCCC3)cc2c(-c2ccc(Cl)cc2)c1C(C)OC(C)(C)C. The predicted molar refractivity (Wildman–Crippen MR) is 140 cm³/mol. The monoisotopic (exact) mass is 464 g/mol. The first-order valence-electron chi connectivity index (χ1n) is 12.3. The maximum absolute atomic E-state index is 10.9. The van der Waals surface area contributed by atoms with Crippen molar-refractivity contribution in [3.63, 3.8) is 0 Å². The zero-order chi connectivity index (χ0) is 23.8. The Balaban J connectivity index is 1.83. The van der Waals surface area contributed by atoms with Crippen LogP contribution >= 0.6 is 11.6 Å². The number of fused-ring (bicyclic) bond motifs is 1. The van der Waals surface area contributed by atoms with Crippen LogP contribution in [-0.2, 0) is 11.2 Å². The Hall–Kier alpha value is -1.87. The minimum Gasteiger partial charge on any atom is -0.390 e. The van der Waals surface area contributed by atoms with Gasteiger partial charge in [-0.2, -0.15) is 0 Å². The number of halogens is 1. The van der Waals surface area contributed by atoms with E-state index in [-0.39, 0.29) is 11.7 Å². The van der Waals surface area contributed by atoms with Crippen molar-refractivity contribution in [3.05, 3.63) is 70.2 Å². The fourth-order valence-corrected chi connectivity index (χ4v) is 5.58. The second kappa shape index (κ2) is 9.41. The lowest BCUT2D eigenvalue weighted by Gasteiger charge is -2.29. The molecule has 0 spiro atoms. The van der Waals surface area contributed by atoms with Crippen LogP contribution in [0.2, 0.25) is 5.02 Å². The number of rotatable bonds is 6. The molecule has 0 heterocycles. The van der Waals surface area contributed by atoms with Crippen LogP contribution < -0.4 is 0 Å². The van der Waals surface area contributed by atoms with Crippen molar-refractivity contribution in [2.75, 3.05) is 0 Å². The number of benzene rings is 3. The summed E-state index contributed by atoms with van der Waals surface area (Å²) in [5.41, 5.74) is 5.39. The van der Waals surface area contributed by atoms with E-state index in [0.29, 0.717) is 0 Å². The van der Waals surface area contributed by atoms with Gasteiger partial charge in [0, 0.05) is 5.02 Å². The summed E-state index contributed by atoms with van der Waals surface area (Å²) in [7, 11) is 0. The molecule has 3 aromatic carbocycles. The third-order valence-corrected chi connectivity index (χ3v) is 7.19. The van der Waals surface area contributed by atoms with Crippen molar-refractivity contribution in [1.29, 1.82) is 0 Å². The molecular weight excluding hydrogens is 428 g/mol. The van der Waals surface area contributed by atoms with E-state index < -0.39 is 5.60 Å². The van der Waals surface area contributed by atoms with Crippen LogP contribution in [0.1, 0.15) is 82.6 Å². The highest BCUT2D eigenvalue weighted by molar-refractivity contribution is 6.30. The first-order chi connectivity index (χ1) is 15.5. The van der Waals surface area contributed by atoms with Gasteiger partial charge in [0.1, 0.15) is 0 Å². The molecule has 1 aliphatic rings. The minimum atomic E-state index is -0.485. The van der Waals surface area contributed by atoms with E-state index in [2.05, 4.69) is 71.0 Å². The molecular formula is C30H37ClO2. The topological polar surface area (TPSA) is 29.5 Å². The molecule has 176 valence electrons. The first-order valence-corrected chi connectivity index (χ1v) is 12.6. The first kappa shape index (κ1) is 24.3. The lowest BCUT2D eigenvalue weighted by Crippen LogP contribution is -2.24. The molecule has 1 unspecified atom stereocenters. The van der Waals surface area contributed by atoms with Crippen molar-refractivity contribution in [2.45, 2.75) is 90.4 Å². The molecule has 1 aliphatic carbocycles. The minimum absolute atomic E-state index is 0.0528. The van der Waals surface area contributed by atoms with Crippen LogP contribution in [0.4, 0.5) is 0 Å². The van der Waals surface area contributed by atoms with Crippen molar-refractivity contribution in [2.24, 2.45) is 0 Å².